The number of allylic oxidation sites excluding steroid dienone is 1. The summed E-state index contributed by atoms with van der Waals surface area (Å²) in [5.41, 5.74) is 5.14. The van der Waals surface area contributed by atoms with Crippen molar-refractivity contribution in [2.24, 2.45) is 12.0 Å². The van der Waals surface area contributed by atoms with E-state index in [9.17, 15) is 0 Å². The van der Waals surface area contributed by atoms with Gasteiger partial charge in [0.05, 0.1) is 30.0 Å². The zero-order chi connectivity index (χ0) is 15.4. The summed E-state index contributed by atoms with van der Waals surface area (Å²) in [4.78, 5) is 7.72. The Morgan fingerprint density at radius 3 is 3.09 bits per heavy atom. The van der Waals surface area contributed by atoms with Gasteiger partial charge in [-0.25, -0.2) is 0 Å². The molecule has 1 unspecified atom stereocenters. The zero-order valence-corrected chi connectivity index (χ0v) is 12.5. The number of aliphatic imine (C=N–C) groups is 1. The fraction of sp³-hybridized carbons (Fsp3) is 0.111. The van der Waals surface area contributed by atoms with Crippen molar-refractivity contribution in [2.45, 2.75) is 5.92 Å². The van der Waals surface area contributed by atoms with Crippen LogP contribution in [0.15, 0.2) is 58.5 Å². The van der Waals surface area contributed by atoms with Gasteiger partial charge in [-0.1, -0.05) is 24.3 Å². The maximum Gasteiger partial charge on any atom is 0.243 e. The topological polar surface area (TPSA) is 50.1 Å². The van der Waals surface area contributed by atoms with Crippen LogP contribution in [0.25, 0.3) is 27.7 Å². The molecule has 0 bridgehead atoms. The van der Waals surface area contributed by atoms with E-state index in [4.69, 9.17) is 4.42 Å². The van der Waals surface area contributed by atoms with Gasteiger partial charge in [-0.05, 0) is 0 Å². The third-order valence-electron chi connectivity index (χ3n) is 4.31. The number of nitrogens with zero attached hydrogens (tertiary/aromatic N) is 3. The number of aryl methyl sites for hydroxylation is 1. The molecule has 23 heavy (non-hydrogen) atoms. The number of benzene rings is 1. The highest BCUT2D eigenvalue weighted by Crippen LogP contribution is 2.35. The first-order valence-electron chi connectivity index (χ1n) is 7.50. The highest BCUT2D eigenvalue weighted by molar-refractivity contribution is 6.08. The summed E-state index contributed by atoms with van der Waals surface area (Å²) in [6, 6.07) is 6.19. The lowest BCUT2D eigenvalue weighted by atomic mass is 10.0. The van der Waals surface area contributed by atoms with Gasteiger partial charge < -0.3 is 18.5 Å². The van der Waals surface area contributed by atoms with Gasteiger partial charge in [0, 0.05) is 41.7 Å². The quantitative estimate of drug-likeness (QED) is 0.449. The van der Waals surface area contributed by atoms with Crippen molar-refractivity contribution in [3.05, 3.63) is 61.0 Å². The van der Waals surface area contributed by atoms with Crippen LogP contribution in [0.5, 0.6) is 0 Å². The number of imidazole rings is 1. The van der Waals surface area contributed by atoms with Gasteiger partial charge in [-0.15, -0.1) is 0 Å². The van der Waals surface area contributed by atoms with Crippen LogP contribution in [0, 0.1) is 6.33 Å². The van der Waals surface area contributed by atoms with Gasteiger partial charge in [0.1, 0.15) is 0 Å². The fourth-order valence-electron chi connectivity index (χ4n) is 3.19. The number of rotatable bonds is 2. The predicted molar refractivity (Wildman–Crippen MR) is 87.8 cm³/mol. The molecule has 0 radical (unpaired) electrons. The summed E-state index contributed by atoms with van der Waals surface area (Å²) in [5, 5.41) is 1.08. The summed E-state index contributed by atoms with van der Waals surface area (Å²) in [5.74, 6) is 0.170. The van der Waals surface area contributed by atoms with E-state index in [0.717, 1.165) is 33.3 Å². The van der Waals surface area contributed by atoms with Crippen molar-refractivity contribution in [3.63, 3.8) is 0 Å². The Labute approximate surface area is 132 Å². The molecule has 5 nitrogen and oxygen atoms in total. The summed E-state index contributed by atoms with van der Waals surface area (Å²) < 4.78 is 9.74. The first kappa shape index (κ1) is 12.5. The molecule has 112 valence electrons. The number of para-hydroxylation sites is 1. The Hall–Kier alpha value is -3.08. The molecule has 1 aliphatic rings. The first-order chi connectivity index (χ1) is 11.3. The smallest absolute Gasteiger partial charge is 0.243 e. The Kier molecular flexibility index (Phi) is 2.42. The minimum absolute atomic E-state index is 0.170. The number of nitrogens with one attached hydrogen (secondary N) is 1. The Morgan fingerprint density at radius 2 is 2.30 bits per heavy atom. The number of aromatic amines is 1. The monoisotopic (exact) mass is 302 g/mol. The van der Waals surface area contributed by atoms with Gasteiger partial charge >= 0.3 is 0 Å². The molecular formula is C18H14N4O. The van der Waals surface area contributed by atoms with E-state index in [1.165, 1.54) is 0 Å². The minimum Gasteiger partial charge on any atom is -0.462 e. The molecule has 1 aliphatic heterocycles. The van der Waals surface area contributed by atoms with Crippen LogP contribution >= 0.6 is 0 Å². The summed E-state index contributed by atoms with van der Waals surface area (Å²) in [6.07, 6.45) is 14.8. The minimum atomic E-state index is 0.170. The third-order valence-corrected chi connectivity index (χ3v) is 4.31. The van der Waals surface area contributed by atoms with Crippen LogP contribution in [0.2, 0.25) is 0 Å². The average Bonchev–Trinajstić information content (AvgIpc) is 3.30. The second kappa shape index (κ2) is 4.46. The van der Waals surface area contributed by atoms with Crippen LogP contribution in [0.3, 0.4) is 0 Å². The first-order valence-corrected chi connectivity index (χ1v) is 7.50. The number of hydrogen-bond acceptors (Lipinski definition) is 2. The zero-order valence-electron chi connectivity index (χ0n) is 12.5. The molecule has 1 aromatic carbocycles. The maximum atomic E-state index is 5.86. The lowest BCUT2D eigenvalue weighted by molar-refractivity contribution is -0.674. The highest BCUT2D eigenvalue weighted by Gasteiger charge is 2.19. The molecule has 0 saturated carbocycles. The summed E-state index contributed by atoms with van der Waals surface area (Å²) in [7, 11) is 1.96. The lowest BCUT2D eigenvalue weighted by Crippen LogP contribution is -2.24. The number of furan rings is 1. The molecule has 0 aliphatic carbocycles. The van der Waals surface area contributed by atoms with E-state index in [2.05, 4.69) is 34.5 Å². The molecule has 3 aromatic heterocycles. The fourth-order valence-corrected chi connectivity index (χ4v) is 3.19. The van der Waals surface area contributed by atoms with Gasteiger partial charge in [0.2, 0.25) is 6.33 Å². The van der Waals surface area contributed by atoms with Crippen LogP contribution in [-0.2, 0) is 7.05 Å². The number of hydrogen-bond donors (Lipinski definition) is 1. The predicted octanol–water partition coefficient (Wildman–Crippen LogP) is 3.01. The van der Waals surface area contributed by atoms with Crippen molar-refractivity contribution in [2.75, 3.05) is 0 Å². The van der Waals surface area contributed by atoms with Gasteiger partial charge in [0.25, 0.3) is 0 Å². The largest absolute Gasteiger partial charge is 0.462 e. The van der Waals surface area contributed by atoms with Crippen molar-refractivity contribution in [1.82, 2.24) is 9.55 Å². The van der Waals surface area contributed by atoms with Gasteiger partial charge in [-0.3, -0.25) is 4.99 Å². The van der Waals surface area contributed by atoms with E-state index in [1.54, 1.807) is 0 Å². The van der Waals surface area contributed by atoms with E-state index in [1.807, 2.05) is 53.3 Å². The Morgan fingerprint density at radius 1 is 1.35 bits per heavy atom. The summed E-state index contributed by atoms with van der Waals surface area (Å²) in [6.45, 7) is 0. The second-order valence-corrected chi connectivity index (χ2v) is 5.76. The molecule has 1 N–H and O–H groups in total. The summed E-state index contributed by atoms with van der Waals surface area (Å²) >= 11 is 0. The molecule has 5 heteroatoms. The van der Waals surface area contributed by atoms with E-state index >= 15 is 0 Å². The molecular weight excluding hydrogens is 288 g/mol. The molecule has 4 heterocycles. The normalized spacial score (nSPS) is 17.0. The van der Waals surface area contributed by atoms with Crippen LogP contribution < -0.4 is 4.57 Å². The molecule has 4 aromatic rings. The van der Waals surface area contributed by atoms with E-state index in [-0.39, 0.29) is 5.92 Å². The maximum absolute atomic E-state index is 5.86. The Balaban J connectivity index is 1.79. The molecule has 5 rings (SSSR count). The van der Waals surface area contributed by atoms with E-state index in [0.29, 0.717) is 0 Å². The average molecular weight is 302 g/mol. The van der Waals surface area contributed by atoms with Crippen molar-refractivity contribution in [1.29, 1.82) is 0 Å². The van der Waals surface area contributed by atoms with Crippen LogP contribution in [0.1, 0.15) is 11.5 Å². The number of aromatic nitrogens is 3. The van der Waals surface area contributed by atoms with Crippen LogP contribution in [0.4, 0.5) is 0 Å². The molecule has 0 fully saturated rings. The number of fused-ring (bicyclic) bond motifs is 3. The lowest BCUT2D eigenvalue weighted by Gasteiger charge is -2.04. The number of H-pyrrole nitrogens is 1. The highest BCUT2D eigenvalue weighted by atomic mass is 16.3. The third kappa shape index (κ3) is 1.73. The molecule has 0 saturated heterocycles. The van der Waals surface area contributed by atoms with Crippen molar-refractivity contribution >= 4 is 28.2 Å². The van der Waals surface area contributed by atoms with Gasteiger partial charge in [-0.2, -0.15) is 0 Å². The molecule has 0 spiro atoms. The Bertz CT molecular complexity index is 1080. The standard InChI is InChI=1S/C18H14N4O/c1-21-7-8-22(11-21)15-4-2-3-13-16(15)20-17-14(10-23-18(13)17)12-5-6-19-9-12/h2-10,12,20H,1H3. The molecule has 1 atom stereocenters. The SMILES string of the molecule is C[n+]1[c-]n(-c2cccc3c2[nH]c2c(C4C=CN=C4)coc23)cc1. The van der Waals surface area contributed by atoms with Crippen molar-refractivity contribution in [3.8, 4) is 5.69 Å². The van der Waals surface area contributed by atoms with E-state index < -0.39 is 0 Å². The van der Waals surface area contributed by atoms with Crippen LogP contribution in [-0.4, -0.2) is 15.8 Å². The van der Waals surface area contributed by atoms with Crippen molar-refractivity contribution < 1.29 is 8.98 Å². The van der Waals surface area contributed by atoms with Gasteiger partial charge in [0.15, 0.2) is 5.58 Å². The molecule has 0 amide bonds. The second-order valence-electron chi connectivity index (χ2n) is 5.76.